The van der Waals surface area contributed by atoms with E-state index in [0.717, 1.165) is 27.8 Å². The van der Waals surface area contributed by atoms with E-state index >= 15 is 0 Å². The van der Waals surface area contributed by atoms with Gasteiger partial charge in [0.15, 0.2) is 0 Å². The summed E-state index contributed by atoms with van der Waals surface area (Å²) in [5.74, 6) is 0.404. The lowest BCUT2D eigenvalue weighted by atomic mass is 9.83. The molecule has 1 N–H and O–H groups in total. The fourth-order valence-electron chi connectivity index (χ4n) is 2.36. The van der Waals surface area contributed by atoms with E-state index in [2.05, 4.69) is 45.5 Å². The van der Waals surface area contributed by atoms with Crippen LogP contribution >= 0.6 is 0 Å². The van der Waals surface area contributed by atoms with Gasteiger partial charge in [0.25, 0.3) is 0 Å². The van der Waals surface area contributed by atoms with Crippen molar-refractivity contribution in [1.29, 1.82) is 0 Å². The highest BCUT2D eigenvalue weighted by atomic mass is 16.3. The fraction of sp³-hybridized carbons (Fsp3) is 0.263. The van der Waals surface area contributed by atoms with Gasteiger partial charge in [0.2, 0.25) is 0 Å². The minimum atomic E-state index is -0.0824. The smallest absolute Gasteiger partial charge is 0.122 e. The molecule has 2 rings (SSSR count). The zero-order chi connectivity index (χ0) is 14.9. The molecule has 20 heavy (non-hydrogen) atoms. The lowest BCUT2D eigenvalue weighted by molar-refractivity contribution is 0.443. The summed E-state index contributed by atoms with van der Waals surface area (Å²) in [4.78, 5) is 0. The van der Waals surface area contributed by atoms with Gasteiger partial charge in [-0.05, 0) is 52.8 Å². The zero-order valence-electron chi connectivity index (χ0n) is 12.7. The minimum Gasteiger partial charge on any atom is -0.507 e. The number of rotatable bonds is 2. The Labute approximate surface area is 121 Å². The average Bonchev–Trinajstić information content (AvgIpc) is 2.40. The lowest BCUT2D eigenvalue weighted by Crippen LogP contribution is -2.12. The number of aromatic hydroxyl groups is 1. The SMILES string of the molecule is C=Cc1cccc(-c2cc(C)c(O)c(C(C)(C)C)c2)c1. The summed E-state index contributed by atoms with van der Waals surface area (Å²) >= 11 is 0. The first-order valence-electron chi connectivity index (χ1n) is 6.90. The summed E-state index contributed by atoms with van der Waals surface area (Å²) in [5.41, 5.74) is 5.20. The van der Waals surface area contributed by atoms with E-state index < -0.39 is 0 Å². The maximum absolute atomic E-state index is 10.3. The summed E-state index contributed by atoms with van der Waals surface area (Å²) in [6.07, 6.45) is 1.85. The topological polar surface area (TPSA) is 20.2 Å². The van der Waals surface area contributed by atoms with Gasteiger partial charge in [0.05, 0.1) is 0 Å². The van der Waals surface area contributed by atoms with Gasteiger partial charge in [0, 0.05) is 5.56 Å². The van der Waals surface area contributed by atoms with Crippen LogP contribution in [0.5, 0.6) is 5.75 Å². The van der Waals surface area contributed by atoms with Crippen molar-refractivity contribution >= 4 is 6.08 Å². The minimum absolute atomic E-state index is 0.0824. The molecule has 0 aromatic heterocycles. The molecule has 0 spiro atoms. The second kappa shape index (κ2) is 5.16. The Bertz CT molecular complexity index is 645. The predicted octanol–water partition coefficient (Wildman–Crippen LogP) is 5.31. The Kier molecular flexibility index (Phi) is 3.71. The van der Waals surface area contributed by atoms with Gasteiger partial charge in [0.1, 0.15) is 5.75 Å². The van der Waals surface area contributed by atoms with Crippen molar-refractivity contribution in [1.82, 2.24) is 0 Å². The largest absolute Gasteiger partial charge is 0.507 e. The number of benzene rings is 2. The van der Waals surface area contributed by atoms with Crippen LogP contribution in [0.25, 0.3) is 17.2 Å². The van der Waals surface area contributed by atoms with Crippen LogP contribution in [0, 0.1) is 6.92 Å². The second-order valence-corrected chi connectivity index (χ2v) is 6.27. The maximum Gasteiger partial charge on any atom is 0.122 e. The van der Waals surface area contributed by atoms with Crippen molar-refractivity contribution in [2.24, 2.45) is 0 Å². The van der Waals surface area contributed by atoms with E-state index in [1.807, 2.05) is 31.2 Å². The number of hydrogen-bond acceptors (Lipinski definition) is 1. The van der Waals surface area contributed by atoms with E-state index in [9.17, 15) is 5.11 Å². The molecule has 2 aromatic carbocycles. The van der Waals surface area contributed by atoms with Gasteiger partial charge in [-0.15, -0.1) is 0 Å². The highest BCUT2D eigenvalue weighted by Crippen LogP contribution is 2.37. The quantitative estimate of drug-likeness (QED) is 0.781. The summed E-state index contributed by atoms with van der Waals surface area (Å²) < 4.78 is 0. The Morgan fingerprint density at radius 2 is 1.75 bits per heavy atom. The third-order valence-electron chi connectivity index (χ3n) is 3.56. The van der Waals surface area contributed by atoms with Gasteiger partial charge >= 0.3 is 0 Å². The molecular formula is C19H22O. The van der Waals surface area contributed by atoms with Crippen LogP contribution in [0.4, 0.5) is 0 Å². The molecule has 0 fully saturated rings. The molecule has 2 aromatic rings. The van der Waals surface area contributed by atoms with Gasteiger partial charge in [-0.2, -0.15) is 0 Å². The lowest BCUT2D eigenvalue weighted by Gasteiger charge is -2.23. The third kappa shape index (κ3) is 2.77. The van der Waals surface area contributed by atoms with Crippen molar-refractivity contribution in [2.45, 2.75) is 33.1 Å². The first-order chi connectivity index (χ1) is 9.32. The van der Waals surface area contributed by atoms with E-state index in [-0.39, 0.29) is 5.41 Å². The molecule has 0 heterocycles. The molecule has 1 heteroatoms. The third-order valence-corrected chi connectivity index (χ3v) is 3.56. The molecule has 0 aliphatic heterocycles. The fourth-order valence-corrected chi connectivity index (χ4v) is 2.36. The number of phenols is 1. The molecule has 0 unspecified atom stereocenters. The predicted molar refractivity (Wildman–Crippen MR) is 87.1 cm³/mol. The first-order valence-corrected chi connectivity index (χ1v) is 6.90. The molecule has 0 saturated carbocycles. The first kappa shape index (κ1) is 14.4. The summed E-state index contributed by atoms with van der Waals surface area (Å²) in [5, 5.41) is 10.3. The van der Waals surface area contributed by atoms with Crippen LogP contribution in [0.2, 0.25) is 0 Å². The molecule has 104 valence electrons. The number of phenolic OH excluding ortho intramolecular Hbond substituents is 1. The Hall–Kier alpha value is -2.02. The second-order valence-electron chi connectivity index (χ2n) is 6.27. The highest BCUT2D eigenvalue weighted by Gasteiger charge is 2.20. The highest BCUT2D eigenvalue weighted by molar-refractivity contribution is 5.70. The van der Waals surface area contributed by atoms with E-state index in [1.54, 1.807) is 0 Å². The van der Waals surface area contributed by atoms with Gasteiger partial charge in [-0.3, -0.25) is 0 Å². The standard InChI is InChI=1S/C19H22O/c1-6-14-8-7-9-15(11-14)16-10-13(2)18(20)17(12-16)19(3,4)5/h6-12,20H,1H2,2-5H3. The molecule has 0 amide bonds. The average molecular weight is 266 g/mol. The summed E-state index contributed by atoms with van der Waals surface area (Å²) in [6.45, 7) is 12.1. The Morgan fingerprint density at radius 1 is 1.05 bits per heavy atom. The van der Waals surface area contributed by atoms with Crippen molar-refractivity contribution in [2.75, 3.05) is 0 Å². The van der Waals surface area contributed by atoms with Gasteiger partial charge < -0.3 is 5.11 Å². The molecule has 0 radical (unpaired) electrons. The van der Waals surface area contributed by atoms with Crippen molar-refractivity contribution < 1.29 is 5.11 Å². The van der Waals surface area contributed by atoms with E-state index in [0.29, 0.717) is 5.75 Å². The molecular weight excluding hydrogens is 244 g/mol. The van der Waals surface area contributed by atoms with Crippen LogP contribution < -0.4 is 0 Å². The van der Waals surface area contributed by atoms with Crippen molar-refractivity contribution in [3.63, 3.8) is 0 Å². The van der Waals surface area contributed by atoms with E-state index in [4.69, 9.17) is 0 Å². The van der Waals surface area contributed by atoms with Crippen molar-refractivity contribution in [3.8, 4) is 16.9 Å². The summed E-state index contributed by atoms with van der Waals surface area (Å²) in [7, 11) is 0. The number of aryl methyl sites for hydroxylation is 1. The van der Waals surface area contributed by atoms with Crippen molar-refractivity contribution in [3.05, 3.63) is 59.7 Å². The van der Waals surface area contributed by atoms with Crippen LogP contribution in [-0.2, 0) is 5.41 Å². The molecule has 1 nitrogen and oxygen atoms in total. The zero-order valence-corrected chi connectivity index (χ0v) is 12.7. The molecule has 0 atom stereocenters. The van der Waals surface area contributed by atoms with Crippen LogP contribution in [0.1, 0.15) is 37.5 Å². The van der Waals surface area contributed by atoms with Gasteiger partial charge in [-0.1, -0.05) is 51.6 Å². The molecule has 0 saturated heterocycles. The van der Waals surface area contributed by atoms with Gasteiger partial charge in [-0.25, -0.2) is 0 Å². The molecule has 0 bridgehead atoms. The van der Waals surface area contributed by atoms with Crippen LogP contribution in [0.15, 0.2) is 43.0 Å². The normalized spacial score (nSPS) is 11.4. The number of hydrogen-bond donors (Lipinski definition) is 1. The molecule has 0 aliphatic carbocycles. The summed E-state index contributed by atoms with van der Waals surface area (Å²) in [6, 6.07) is 12.4. The van der Waals surface area contributed by atoms with Crippen LogP contribution in [0.3, 0.4) is 0 Å². The molecule has 0 aliphatic rings. The Balaban J connectivity index is 2.63. The monoisotopic (exact) mass is 266 g/mol. The Morgan fingerprint density at radius 3 is 2.35 bits per heavy atom. The maximum atomic E-state index is 10.3. The van der Waals surface area contributed by atoms with E-state index in [1.165, 1.54) is 0 Å². The van der Waals surface area contributed by atoms with Crippen LogP contribution in [-0.4, -0.2) is 5.11 Å².